The molecule has 1 N–H and O–H groups in total. The van der Waals surface area contributed by atoms with Crippen molar-refractivity contribution in [3.8, 4) is 0 Å². The molecule has 3 aliphatic heterocycles. The van der Waals surface area contributed by atoms with Crippen LogP contribution in [0.5, 0.6) is 0 Å². The van der Waals surface area contributed by atoms with Gasteiger partial charge in [0, 0.05) is 49.0 Å². The Balaban J connectivity index is 1.42. The van der Waals surface area contributed by atoms with Crippen molar-refractivity contribution in [2.75, 3.05) is 23.3 Å². The number of amides is 1. The molecule has 3 saturated heterocycles. The van der Waals surface area contributed by atoms with E-state index in [2.05, 4.69) is 21.3 Å². The number of piperidine rings is 1. The fraction of sp³-hybridized carbons (Fsp3) is 0.385. The fourth-order valence-corrected chi connectivity index (χ4v) is 5.53. The van der Waals surface area contributed by atoms with E-state index in [1.165, 1.54) is 13.0 Å². The summed E-state index contributed by atoms with van der Waals surface area (Å²) in [6.45, 7) is 6.61. The molecule has 8 heteroatoms. The van der Waals surface area contributed by atoms with Gasteiger partial charge in [0.15, 0.2) is 0 Å². The number of hydrogen-bond donors (Lipinski definition) is 1. The van der Waals surface area contributed by atoms with E-state index in [0.29, 0.717) is 5.56 Å². The lowest BCUT2D eigenvalue weighted by molar-refractivity contribution is -0.143. The zero-order valence-electron chi connectivity index (χ0n) is 19.4. The lowest BCUT2D eigenvalue weighted by atomic mass is 9.87. The van der Waals surface area contributed by atoms with Crippen LogP contribution in [0.1, 0.15) is 43.0 Å². The fourth-order valence-electron chi connectivity index (χ4n) is 5.53. The maximum atomic E-state index is 13.4. The highest BCUT2D eigenvalue weighted by molar-refractivity contribution is 5.93. The Hall–Kier alpha value is -3.29. The minimum absolute atomic E-state index is 0.133. The van der Waals surface area contributed by atoms with E-state index in [9.17, 15) is 18.0 Å². The first-order valence-electron chi connectivity index (χ1n) is 11.5. The number of rotatable bonds is 4. The molecule has 178 valence electrons. The predicted octanol–water partition coefficient (Wildman–Crippen LogP) is 5.54. The molecule has 6 rings (SSSR count). The van der Waals surface area contributed by atoms with Gasteiger partial charge >= 0.3 is 6.18 Å². The molecule has 34 heavy (non-hydrogen) atoms. The minimum Gasteiger partial charge on any atom is -0.378 e. The number of carbonyl (C=O) groups excluding carboxylic acids is 1. The molecule has 2 bridgehead atoms. The van der Waals surface area contributed by atoms with Gasteiger partial charge in [-0.2, -0.15) is 13.2 Å². The van der Waals surface area contributed by atoms with Gasteiger partial charge in [-0.3, -0.25) is 9.78 Å². The Bertz CT molecular complexity index is 1250. The van der Waals surface area contributed by atoms with Gasteiger partial charge in [0.05, 0.1) is 23.2 Å². The van der Waals surface area contributed by atoms with Crippen LogP contribution in [-0.4, -0.2) is 41.0 Å². The second kappa shape index (κ2) is 8.18. The Morgan fingerprint density at radius 3 is 2.56 bits per heavy atom. The van der Waals surface area contributed by atoms with E-state index >= 15 is 0 Å². The largest absolute Gasteiger partial charge is 0.416 e. The Labute approximate surface area is 196 Å². The lowest BCUT2D eigenvalue weighted by Gasteiger charge is -2.56. The van der Waals surface area contributed by atoms with Gasteiger partial charge in [-0.1, -0.05) is 12.1 Å². The molecular weight excluding hydrogens is 441 g/mol. The molecule has 0 radical (unpaired) electrons. The number of nitrogens with one attached hydrogen (secondary N) is 1. The maximum Gasteiger partial charge on any atom is 0.416 e. The molecule has 0 spiro atoms. The van der Waals surface area contributed by atoms with Crippen LogP contribution < -0.4 is 10.2 Å². The van der Waals surface area contributed by atoms with Gasteiger partial charge < -0.3 is 15.1 Å². The van der Waals surface area contributed by atoms with Crippen LogP contribution in [0.3, 0.4) is 0 Å². The first kappa shape index (κ1) is 22.5. The number of piperazine rings is 1. The van der Waals surface area contributed by atoms with Gasteiger partial charge in [0.25, 0.3) is 0 Å². The second-order valence-corrected chi connectivity index (χ2v) is 9.32. The summed E-state index contributed by atoms with van der Waals surface area (Å²) >= 11 is 0. The average Bonchev–Trinajstić information content (AvgIpc) is 2.78. The summed E-state index contributed by atoms with van der Waals surface area (Å²) in [5, 5.41) is 4.33. The zero-order chi connectivity index (χ0) is 24.2. The number of alkyl halides is 3. The number of hydrogen-bond acceptors (Lipinski definition) is 4. The summed E-state index contributed by atoms with van der Waals surface area (Å²) in [6.07, 6.45) is -1.63. The van der Waals surface area contributed by atoms with Crippen LogP contribution >= 0.6 is 0 Å². The summed E-state index contributed by atoms with van der Waals surface area (Å²) in [5.41, 5.74) is 2.93. The van der Waals surface area contributed by atoms with Crippen LogP contribution in [0.25, 0.3) is 10.9 Å². The molecule has 1 amide bonds. The van der Waals surface area contributed by atoms with E-state index in [1.54, 1.807) is 19.2 Å². The first-order chi connectivity index (χ1) is 16.1. The summed E-state index contributed by atoms with van der Waals surface area (Å²) in [4.78, 5) is 20.6. The van der Waals surface area contributed by atoms with Gasteiger partial charge in [0.1, 0.15) is 0 Å². The summed E-state index contributed by atoms with van der Waals surface area (Å²) in [5.74, 6) is 0.133. The third-order valence-corrected chi connectivity index (χ3v) is 7.17. The zero-order valence-corrected chi connectivity index (χ0v) is 19.4. The highest BCUT2D eigenvalue weighted by atomic mass is 19.4. The van der Waals surface area contributed by atoms with Crippen LogP contribution in [0, 0.1) is 6.92 Å². The standard InChI is InChI=1S/C26H27F3N4O/c1-15-21(5-4-6-23(15)26(27,28)29)16(2)31-25-9-10-30-24-8-7-18(12-22(24)25)32-13-19-11-20(14-32)33(19)17(3)34/h4-10,12,16,19-20H,11,13-14H2,1-3H3,(H,30,31)/t16-,19?,20?/m1/s1. The number of halogens is 3. The van der Waals surface area contributed by atoms with Crippen LogP contribution in [0.15, 0.2) is 48.7 Å². The van der Waals surface area contributed by atoms with Crippen molar-refractivity contribution in [1.29, 1.82) is 0 Å². The summed E-state index contributed by atoms with van der Waals surface area (Å²) < 4.78 is 40.2. The first-order valence-corrected chi connectivity index (χ1v) is 11.5. The molecule has 3 aliphatic rings. The topological polar surface area (TPSA) is 48.5 Å². The van der Waals surface area contributed by atoms with Crippen molar-refractivity contribution in [2.24, 2.45) is 0 Å². The molecule has 4 heterocycles. The highest BCUT2D eigenvalue weighted by Crippen LogP contribution is 2.38. The second-order valence-electron chi connectivity index (χ2n) is 9.32. The summed E-state index contributed by atoms with van der Waals surface area (Å²) in [6, 6.07) is 12.4. The molecule has 2 unspecified atom stereocenters. The molecule has 5 nitrogen and oxygen atoms in total. The highest BCUT2D eigenvalue weighted by Gasteiger charge is 2.46. The van der Waals surface area contributed by atoms with Gasteiger partial charge in [0.2, 0.25) is 5.91 Å². The lowest BCUT2D eigenvalue weighted by Crippen LogP contribution is -2.69. The predicted molar refractivity (Wildman–Crippen MR) is 127 cm³/mol. The number of benzene rings is 2. The summed E-state index contributed by atoms with van der Waals surface area (Å²) in [7, 11) is 0. The van der Waals surface area contributed by atoms with E-state index in [0.717, 1.165) is 47.9 Å². The van der Waals surface area contributed by atoms with Gasteiger partial charge in [-0.25, -0.2) is 0 Å². The van der Waals surface area contributed by atoms with E-state index in [1.807, 2.05) is 30.0 Å². The molecule has 1 aromatic heterocycles. The van der Waals surface area contributed by atoms with Crippen molar-refractivity contribution in [3.63, 3.8) is 0 Å². The third kappa shape index (κ3) is 3.85. The minimum atomic E-state index is -4.38. The van der Waals surface area contributed by atoms with Crippen molar-refractivity contribution in [1.82, 2.24) is 9.88 Å². The number of aromatic nitrogens is 1. The molecule has 2 aromatic carbocycles. The Kier molecular flexibility index (Phi) is 5.41. The molecule has 0 saturated carbocycles. The van der Waals surface area contributed by atoms with Crippen LogP contribution in [0.4, 0.5) is 24.5 Å². The normalized spacial score (nSPS) is 20.8. The SMILES string of the molecule is CC(=O)N1C2CC1CN(c1ccc3nccc(N[C@H](C)c4cccc(C(F)(F)F)c4C)c3c1)C2. The van der Waals surface area contributed by atoms with E-state index in [4.69, 9.17) is 0 Å². The maximum absolute atomic E-state index is 13.4. The number of carbonyl (C=O) groups is 1. The van der Waals surface area contributed by atoms with Gasteiger partial charge in [-0.05, 0) is 61.7 Å². The molecule has 3 fully saturated rings. The van der Waals surface area contributed by atoms with Gasteiger partial charge in [-0.15, -0.1) is 0 Å². The molecular formula is C26H27F3N4O. The number of fused-ring (bicyclic) bond motifs is 3. The van der Waals surface area contributed by atoms with Crippen molar-refractivity contribution in [2.45, 2.75) is 51.5 Å². The number of pyridine rings is 1. The van der Waals surface area contributed by atoms with E-state index in [-0.39, 0.29) is 29.6 Å². The van der Waals surface area contributed by atoms with Crippen molar-refractivity contribution in [3.05, 3.63) is 65.4 Å². The van der Waals surface area contributed by atoms with Crippen LogP contribution in [-0.2, 0) is 11.0 Å². The van der Waals surface area contributed by atoms with Crippen molar-refractivity contribution < 1.29 is 18.0 Å². The smallest absolute Gasteiger partial charge is 0.378 e. The molecule has 0 aliphatic carbocycles. The molecule has 3 atom stereocenters. The number of anilines is 2. The van der Waals surface area contributed by atoms with Crippen LogP contribution in [0.2, 0.25) is 0 Å². The van der Waals surface area contributed by atoms with E-state index < -0.39 is 11.7 Å². The Morgan fingerprint density at radius 1 is 1.15 bits per heavy atom. The number of nitrogens with zero attached hydrogens (tertiary/aromatic N) is 3. The Morgan fingerprint density at radius 2 is 1.88 bits per heavy atom. The molecule has 3 aromatic rings. The third-order valence-electron chi connectivity index (χ3n) is 7.17. The quantitative estimate of drug-likeness (QED) is 0.546. The average molecular weight is 469 g/mol. The van der Waals surface area contributed by atoms with Crippen molar-refractivity contribution >= 4 is 28.2 Å². The monoisotopic (exact) mass is 468 g/mol.